The lowest BCUT2D eigenvalue weighted by molar-refractivity contribution is 0.109. The lowest BCUT2D eigenvalue weighted by Crippen LogP contribution is -2.33. The number of fused-ring (bicyclic) bond motifs is 1. The third-order valence-corrected chi connectivity index (χ3v) is 3.72. The van der Waals surface area contributed by atoms with Crippen LogP contribution in [0, 0.1) is 0 Å². The molecule has 6 heteroatoms. The number of ether oxygens (including phenoxy) is 1. The van der Waals surface area contributed by atoms with Crippen molar-refractivity contribution >= 4 is 22.8 Å². The van der Waals surface area contributed by atoms with Crippen molar-refractivity contribution < 1.29 is 4.74 Å². The van der Waals surface area contributed by atoms with E-state index in [0.717, 1.165) is 29.1 Å². The van der Waals surface area contributed by atoms with Gasteiger partial charge in [0, 0.05) is 14.2 Å². The van der Waals surface area contributed by atoms with Crippen molar-refractivity contribution in [1.29, 1.82) is 0 Å². The second-order valence-corrected chi connectivity index (χ2v) is 6.42. The molecule has 0 N–H and O–H groups in total. The van der Waals surface area contributed by atoms with Gasteiger partial charge in [-0.3, -0.25) is 4.68 Å². The summed E-state index contributed by atoms with van der Waals surface area (Å²) < 4.78 is 9.42. The molecule has 20 heavy (non-hydrogen) atoms. The van der Waals surface area contributed by atoms with Crippen LogP contribution in [-0.4, -0.2) is 33.0 Å². The highest BCUT2D eigenvalue weighted by Gasteiger charge is 2.30. The summed E-state index contributed by atoms with van der Waals surface area (Å²) in [4.78, 5) is 4.74. The summed E-state index contributed by atoms with van der Waals surface area (Å²) in [6.45, 7) is 8.87. The Kier molecular flexibility index (Phi) is 4.12. The maximum absolute atomic E-state index is 6.34. The number of imidazole rings is 1. The summed E-state index contributed by atoms with van der Waals surface area (Å²) in [5.74, 6) is 0.867. The molecule has 5 nitrogen and oxygen atoms in total. The summed E-state index contributed by atoms with van der Waals surface area (Å²) in [6, 6.07) is 0. The molecule has 1 unspecified atom stereocenters. The zero-order valence-corrected chi connectivity index (χ0v) is 13.8. The van der Waals surface area contributed by atoms with Crippen LogP contribution >= 0.6 is 11.6 Å². The third kappa shape index (κ3) is 2.33. The molecule has 0 aliphatic rings. The number of methoxy groups -OCH3 is 1. The van der Waals surface area contributed by atoms with Crippen molar-refractivity contribution in [3.05, 3.63) is 11.5 Å². The highest BCUT2D eigenvalue weighted by Crippen LogP contribution is 2.32. The van der Waals surface area contributed by atoms with E-state index in [1.165, 1.54) is 0 Å². The molecule has 2 aromatic rings. The SMILES string of the molecule is CCc1nn(C)c2c1nc(C(C)Cl)n2C(C)(C)COC. The van der Waals surface area contributed by atoms with Crippen molar-refractivity contribution in [2.75, 3.05) is 13.7 Å². The number of aryl methyl sites for hydroxylation is 2. The molecule has 0 aliphatic carbocycles. The Balaban J connectivity index is 2.78. The first-order valence-electron chi connectivity index (χ1n) is 6.91. The smallest absolute Gasteiger partial charge is 0.159 e. The van der Waals surface area contributed by atoms with Gasteiger partial charge >= 0.3 is 0 Å². The van der Waals surface area contributed by atoms with Gasteiger partial charge in [0.25, 0.3) is 0 Å². The molecule has 0 saturated carbocycles. The quantitative estimate of drug-likeness (QED) is 0.797. The molecule has 2 heterocycles. The van der Waals surface area contributed by atoms with Gasteiger partial charge in [0.2, 0.25) is 0 Å². The summed E-state index contributed by atoms with van der Waals surface area (Å²) in [6.07, 6.45) is 0.856. The Morgan fingerprint density at radius 1 is 1.40 bits per heavy atom. The fraction of sp³-hybridized carbons (Fsp3) is 0.714. The standard InChI is InChI=1S/C14H23ClN4O/c1-7-10-11-13(18(5)17-10)19(12(16-11)9(2)15)14(3,4)8-20-6/h9H,7-8H2,1-6H3. The van der Waals surface area contributed by atoms with Crippen LogP contribution in [0.2, 0.25) is 0 Å². The topological polar surface area (TPSA) is 44.9 Å². The van der Waals surface area contributed by atoms with E-state index in [1.54, 1.807) is 7.11 Å². The van der Waals surface area contributed by atoms with Crippen LogP contribution in [0.25, 0.3) is 11.2 Å². The number of hydrogen-bond acceptors (Lipinski definition) is 3. The number of nitrogens with zero attached hydrogens (tertiary/aromatic N) is 4. The van der Waals surface area contributed by atoms with E-state index in [-0.39, 0.29) is 10.9 Å². The summed E-state index contributed by atoms with van der Waals surface area (Å²) in [7, 11) is 3.66. The minimum Gasteiger partial charge on any atom is -0.382 e. The van der Waals surface area contributed by atoms with Gasteiger partial charge in [0.1, 0.15) is 11.3 Å². The lowest BCUT2D eigenvalue weighted by Gasteiger charge is -2.29. The number of aromatic nitrogens is 4. The Morgan fingerprint density at radius 3 is 2.55 bits per heavy atom. The third-order valence-electron chi connectivity index (χ3n) is 3.52. The van der Waals surface area contributed by atoms with Gasteiger partial charge in [-0.25, -0.2) is 4.98 Å². The van der Waals surface area contributed by atoms with Gasteiger partial charge in [0.05, 0.1) is 23.2 Å². The van der Waals surface area contributed by atoms with Crippen LogP contribution < -0.4 is 0 Å². The van der Waals surface area contributed by atoms with Gasteiger partial charge in [-0.2, -0.15) is 5.10 Å². The van der Waals surface area contributed by atoms with Crippen molar-refractivity contribution in [2.24, 2.45) is 7.05 Å². The minimum absolute atomic E-state index is 0.164. The number of hydrogen-bond donors (Lipinski definition) is 0. The van der Waals surface area contributed by atoms with Gasteiger partial charge in [-0.05, 0) is 27.2 Å². The molecular weight excluding hydrogens is 276 g/mol. The monoisotopic (exact) mass is 298 g/mol. The highest BCUT2D eigenvalue weighted by molar-refractivity contribution is 6.20. The predicted octanol–water partition coefficient (Wildman–Crippen LogP) is 3.01. The van der Waals surface area contributed by atoms with Crippen LogP contribution in [0.3, 0.4) is 0 Å². The van der Waals surface area contributed by atoms with Crippen LogP contribution in [0.5, 0.6) is 0 Å². The average molecular weight is 299 g/mol. The van der Waals surface area contributed by atoms with E-state index in [9.17, 15) is 0 Å². The van der Waals surface area contributed by atoms with Crippen molar-refractivity contribution in [2.45, 2.75) is 45.0 Å². The van der Waals surface area contributed by atoms with E-state index in [2.05, 4.69) is 30.4 Å². The second kappa shape index (κ2) is 5.37. The largest absolute Gasteiger partial charge is 0.382 e. The van der Waals surface area contributed by atoms with Crippen LogP contribution in [0.4, 0.5) is 0 Å². The number of rotatable bonds is 5. The van der Waals surface area contributed by atoms with E-state index in [1.807, 2.05) is 18.7 Å². The molecule has 0 saturated heterocycles. The molecule has 0 amide bonds. The Morgan fingerprint density at radius 2 is 2.05 bits per heavy atom. The molecule has 0 aromatic carbocycles. The average Bonchev–Trinajstić information content (AvgIpc) is 2.88. The predicted molar refractivity (Wildman–Crippen MR) is 81.3 cm³/mol. The maximum atomic E-state index is 6.34. The first-order valence-corrected chi connectivity index (χ1v) is 7.34. The second-order valence-electron chi connectivity index (χ2n) is 5.76. The zero-order valence-electron chi connectivity index (χ0n) is 13.1. The van der Waals surface area contributed by atoms with Gasteiger partial charge < -0.3 is 9.30 Å². The van der Waals surface area contributed by atoms with Crippen molar-refractivity contribution in [1.82, 2.24) is 19.3 Å². The fourth-order valence-corrected chi connectivity index (χ4v) is 2.86. The summed E-state index contributed by atoms with van der Waals surface area (Å²) >= 11 is 6.34. The van der Waals surface area contributed by atoms with Gasteiger partial charge in [0.15, 0.2) is 5.65 Å². The molecular formula is C14H23ClN4O. The molecule has 2 aromatic heterocycles. The maximum Gasteiger partial charge on any atom is 0.159 e. The Hall–Kier alpha value is -1.07. The van der Waals surface area contributed by atoms with E-state index in [4.69, 9.17) is 21.3 Å². The zero-order chi connectivity index (χ0) is 15.1. The molecule has 0 aliphatic heterocycles. The Labute approximate surface area is 124 Å². The van der Waals surface area contributed by atoms with E-state index >= 15 is 0 Å². The van der Waals surface area contributed by atoms with Crippen LogP contribution in [-0.2, 0) is 23.7 Å². The Bertz CT molecular complexity index is 612. The molecule has 0 radical (unpaired) electrons. The minimum atomic E-state index is -0.235. The van der Waals surface area contributed by atoms with E-state index < -0.39 is 0 Å². The van der Waals surface area contributed by atoms with Crippen LogP contribution in [0.1, 0.15) is 44.6 Å². The molecule has 2 rings (SSSR count). The molecule has 0 fully saturated rings. The van der Waals surface area contributed by atoms with Crippen molar-refractivity contribution in [3.8, 4) is 0 Å². The van der Waals surface area contributed by atoms with E-state index in [0.29, 0.717) is 6.61 Å². The van der Waals surface area contributed by atoms with Crippen molar-refractivity contribution in [3.63, 3.8) is 0 Å². The first kappa shape index (κ1) is 15.3. The van der Waals surface area contributed by atoms with Crippen LogP contribution in [0.15, 0.2) is 0 Å². The normalized spacial score (nSPS) is 14.2. The molecule has 0 bridgehead atoms. The van der Waals surface area contributed by atoms with Gasteiger partial charge in [-0.15, -0.1) is 11.6 Å². The summed E-state index contributed by atoms with van der Waals surface area (Å²) in [5, 5.41) is 4.39. The first-order chi connectivity index (χ1) is 9.33. The van der Waals surface area contributed by atoms with Gasteiger partial charge in [-0.1, -0.05) is 6.92 Å². The fourth-order valence-electron chi connectivity index (χ4n) is 2.72. The summed E-state index contributed by atoms with van der Waals surface area (Å²) in [5.41, 5.74) is 2.72. The number of alkyl halides is 1. The molecule has 1 atom stereocenters. The highest BCUT2D eigenvalue weighted by atomic mass is 35.5. The number of halogens is 1. The molecule has 0 spiro atoms. The lowest BCUT2D eigenvalue weighted by atomic mass is 10.1. The molecule has 112 valence electrons.